The summed E-state index contributed by atoms with van der Waals surface area (Å²) >= 11 is 0. The van der Waals surface area contributed by atoms with Crippen LogP contribution in [0.2, 0.25) is 0 Å². The van der Waals surface area contributed by atoms with Crippen molar-refractivity contribution in [2.24, 2.45) is 10.3 Å². The minimum absolute atomic E-state index is 0.0558. The SMILES string of the molecule is COc1cccc(S(=O)(=O)NC(=O)C2CCN(C3=NS(=O)(=O)c4ccccc43)CC2)c1. The fourth-order valence-electron chi connectivity index (χ4n) is 3.71. The molecule has 0 aromatic heterocycles. The third-order valence-electron chi connectivity index (χ3n) is 5.36. The molecule has 1 N–H and O–H groups in total. The van der Waals surface area contributed by atoms with Crippen LogP contribution >= 0.6 is 0 Å². The van der Waals surface area contributed by atoms with Crippen LogP contribution in [0, 0.1) is 5.92 Å². The number of rotatable bonds is 4. The molecule has 11 heteroatoms. The molecular weight excluding hydrogens is 442 g/mol. The second kappa shape index (κ2) is 7.97. The van der Waals surface area contributed by atoms with E-state index < -0.39 is 31.9 Å². The number of methoxy groups -OCH3 is 1. The number of amidine groups is 1. The van der Waals surface area contributed by atoms with E-state index >= 15 is 0 Å². The number of carbonyl (C=O) groups is 1. The molecule has 2 heterocycles. The average molecular weight is 464 g/mol. The number of nitrogens with zero attached hydrogens (tertiary/aromatic N) is 2. The molecule has 1 fully saturated rings. The second-order valence-electron chi connectivity index (χ2n) is 7.30. The van der Waals surface area contributed by atoms with Gasteiger partial charge in [-0.1, -0.05) is 18.2 Å². The lowest BCUT2D eigenvalue weighted by molar-refractivity contribution is -0.124. The number of amides is 1. The maximum Gasteiger partial charge on any atom is 0.285 e. The van der Waals surface area contributed by atoms with E-state index in [-0.39, 0.29) is 9.79 Å². The monoisotopic (exact) mass is 463 g/mol. The molecule has 2 aromatic rings. The lowest BCUT2D eigenvalue weighted by Crippen LogP contribution is -2.44. The van der Waals surface area contributed by atoms with Gasteiger partial charge in [0.05, 0.1) is 12.0 Å². The van der Waals surface area contributed by atoms with E-state index in [0.29, 0.717) is 43.1 Å². The summed E-state index contributed by atoms with van der Waals surface area (Å²) in [6, 6.07) is 12.5. The lowest BCUT2D eigenvalue weighted by atomic mass is 9.96. The summed E-state index contributed by atoms with van der Waals surface area (Å²) in [7, 11) is -6.31. The second-order valence-corrected chi connectivity index (χ2v) is 10.6. The summed E-state index contributed by atoms with van der Waals surface area (Å²) in [6.45, 7) is 0.778. The number of sulfonamides is 2. The van der Waals surface area contributed by atoms with Gasteiger partial charge in [-0.15, -0.1) is 4.40 Å². The first-order valence-corrected chi connectivity index (χ1v) is 12.5. The molecule has 0 spiro atoms. The van der Waals surface area contributed by atoms with E-state index in [9.17, 15) is 21.6 Å². The van der Waals surface area contributed by atoms with Crippen molar-refractivity contribution in [3.8, 4) is 5.75 Å². The van der Waals surface area contributed by atoms with Crippen molar-refractivity contribution in [2.45, 2.75) is 22.6 Å². The predicted molar refractivity (Wildman–Crippen MR) is 113 cm³/mol. The van der Waals surface area contributed by atoms with Crippen molar-refractivity contribution in [3.63, 3.8) is 0 Å². The van der Waals surface area contributed by atoms with Crippen molar-refractivity contribution < 1.29 is 26.4 Å². The topological polar surface area (TPSA) is 122 Å². The normalized spacial score (nSPS) is 18.2. The Morgan fingerprint density at radius 3 is 2.55 bits per heavy atom. The van der Waals surface area contributed by atoms with Crippen LogP contribution in [0.25, 0.3) is 0 Å². The molecule has 0 atom stereocenters. The zero-order valence-corrected chi connectivity index (χ0v) is 18.3. The third kappa shape index (κ3) is 4.15. The number of benzene rings is 2. The Kier molecular flexibility index (Phi) is 5.48. The molecule has 1 amide bonds. The van der Waals surface area contributed by atoms with Gasteiger partial charge in [-0.2, -0.15) is 8.42 Å². The number of piperidine rings is 1. The Hall–Kier alpha value is -2.92. The molecule has 4 rings (SSSR count). The van der Waals surface area contributed by atoms with Gasteiger partial charge in [-0.05, 0) is 37.1 Å². The molecule has 2 aromatic carbocycles. The smallest absolute Gasteiger partial charge is 0.285 e. The maximum absolute atomic E-state index is 12.6. The standard InChI is InChI=1S/C20H21N3O6S2/c1-29-15-5-4-6-16(13-15)30(25,26)22-20(24)14-9-11-23(12-10-14)19-17-7-2-3-8-18(17)31(27,28)21-19/h2-8,13-14H,9-12H2,1H3,(H,22,24). The molecule has 2 aliphatic heterocycles. The maximum atomic E-state index is 12.6. The van der Waals surface area contributed by atoms with Gasteiger partial charge in [-0.3, -0.25) is 4.79 Å². The average Bonchev–Trinajstić information content (AvgIpc) is 3.05. The van der Waals surface area contributed by atoms with E-state index in [1.54, 1.807) is 24.3 Å². The number of nitrogens with one attached hydrogen (secondary N) is 1. The Morgan fingerprint density at radius 1 is 1.13 bits per heavy atom. The quantitative estimate of drug-likeness (QED) is 0.726. The van der Waals surface area contributed by atoms with Crippen LogP contribution in [-0.4, -0.2) is 53.7 Å². The van der Waals surface area contributed by atoms with Crippen LogP contribution in [0.15, 0.2) is 62.7 Å². The molecule has 9 nitrogen and oxygen atoms in total. The molecule has 0 saturated carbocycles. The molecule has 1 saturated heterocycles. The van der Waals surface area contributed by atoms with Crippen molar-refractivity contribution in [2.75, 3.05) is 20.2 Å². The van der Waals surface area contributed by atoms with Crippen LogP contribution in [0.1, 0.15) is 18.4 Å². The molecule has 2 aliphatic rings. The molecule has 0 unspecified atom stereocenters. The van der Waals surface area contributed by atoms with Gasteiger partial charge in [0, 0.05) is 30.6 Å². The fraction of sp³-hybridized carbons (Fsp3) is 0.300. The summed E-state index contributed by atoms with van der Waals surface area (Å²) in [4.78, 5) is 14.5. The van der Waals surface area contributed by atoms with Crippen molar-refractivity contribution >= 4 is 31.8 Å². The van der Waals surface area contributed by atoms with Gasteiger partial charge in [-0.25, -0.2) is 13.1 Å². The number of ether oxygens (including phenoxy) is 1. The minimum atomic E-state index is -4.02. The van der Waals surface area contributed by atoms with Crippen LogP contribution in [0.3, 0.4) is 0 Å². The highest BCUT2D eigenvalue weighted by Crippen LogP contribution is 2.30. The number of carbonyl (C=O) groups excluding carboxylic acids is 1. The third-order valence-corrected chi connectivity index (χ3v) is 8.03. The van der Waals surface area contributed by atoms with Gasteiger partial charge in [0.1, 0.15) is 10.6 Å². The summed E-state index contributed by atoms with van der Waals surface area (Å²) < 4.78 is 60.7. The highest BCUT2D eigenvalue weighted by Gasteiger charge is 2.35. The van der Waals surface area contributed by atoms with Crippen LogP contribution < -0.4 is 9.46 Å². The number of hydrogen-bond acceptors (Lipinski definition) is 7. The molecule has 0 aliphatic carbocycles. The molecule has 0 radical (unpaired) electrons. The van der Waals surface area contributed by atoms with E-state index in [4.69, 9.17) is 4.74 Å². The summed E-state index contributed by atoms with van der Waals surface area (Å²) in [5.74, 6) is -0.344. The van der Waals surface area contributed by atoms with E-state index in [0.717, 1.165) is 0 Å². The first kappa shape index (κ1) is 21.3. The van der Waals surface area contributed by atoms with E-state index in [1.807, 2.05) is 4.90 Å². The highest BCUT2D eigenvalue weighted by molar-refractivity contribution is 7.90. The van der Waals surface area contributed by atoms with Gasteiger partial charge in [0.15, 0.2) is 5.84 Å². The first-order chi connectivity index (χ1) is 14.7. The Labute approximate surface area is 180 Å². The first-order valence-electron chi connectivity index (χ1n) is 9.61. The predicted octanol–water partition coefficient (Wildman–Crippen LogP) is 1.36. The van der Waals surface area contributed by atoms with Gasteiger partial charge in [0.25, 0.3) is 20.0 Å². The molecule has 31 heavy (non-hydrogen) atoms. The summed E-state index contributed by atoms with van der Waals surface area (Å²) in [6.07, 6.45) is 0.751. The summed E-state index contributed by atoms with van der Waals surface area (Å²) in [5.41, 5.74) is 0.547. The lowest BCUT2D eigenvalue weighted by Gasteiger charge is -2.32. The zero-order valence-electron chi connectivity index (χ0n) is 16.7. The summed E-state index contributed by atoms with van der Waals surface area (Å²) in [5, 5.41) is 0. The van der Waals surface area contributed by atoms with Crippen LogP contribution in [0.4, 0.5) is 0 Å². The minimum Gasteiger partial charge on any atom is -0.497 e. The number of hydrogen-bond donors (Lipinski definition) is 1. The van der Waals surface area contributed by atoms with Crippen LogP contribution in [-0.2, 0) is 24.8 Å². The Bertz CT molecular complexity index is 1260. The molecule has 164 valence electrons. The number of fused-ring (bicyclic) bond motifs is 1. The molecule has 0 bridgehead atoms. The van der Waals surface area contributed by atoms with Crippen molar-refractivity contribution in [3.05, 3.63) is 54.1 Å². The Morgan fingerprint density at radius 2 is 1.84 bits per heavy atom. The van der Waals surface area contributed by atoms with Gasteiger partial charge in [0.2, 0.25) is 5.91 Å². The van der Waals surface area contributed by atoms with Crippen molar-refractivity contribution in [1.82, 2.24) is 9.62 Å². The van der Waals surface area contributed by atoms with Gasteiger partial charge < -0.3 is 9.64 Å². The van der Waals surface area contributed by atoms with Crippen LogP contribution in [0.5, 0.6) is 5.75 Å². The Balaban J connectivity index is 1.43. The highest BCUT2D eigenvalue weighted by atomic mass is 32.2. The largest absolute Gasteiger partial charge is 0.497 e. The molecular formula is C20H21N3O6S2. The fourth-order valence-corrected chi connectivity index (χ4v) is 6.02. The van der Waals surface area contributed by atoms with E-state index in [2.05, 4.69) is 9.12 Å². The number of likely N-dealkylation sites (tertiary alicyclic amines) is 1. The van der Waals surface area contributed by atoms with Crippen molar-refractivity contribution in [1.29, 1.82) is 0 Å². The van der Waals surface area contributed by atoms with Gasteiger partial charge >= 0.3 is 0 Å². The zero-order chi connectivity index (χ0) is 22.2. The van der Waals surface area contributed by atoms with E-state index in [1.165, 1.54) is 31.4 Å².